The number of anilines is 1. The first-order valence-electron chi connectivity index (χ1n) is 9.44. The summed E-state index contributed by atoms with van der Waals surface area (Å²) in [7, 11) is -3.88. The molecule has 0 bridgehead atoms. The van der Waals surface area contributed by atoms with Crippen LogP contribution in [0, 0.1) is 0 Å². The lowest BCUT2D eigenvalue weighted by Gasteiger charge is -2.08. The molecule has 2 heterocycles. The molecule has 0 amide bonds. The van der Waals surface area contributed by atoms with Crippen molar-refractivity contribution in [2.75, 3.05) is 5.73 Å². The van der Waals surface area contributed by atoms with Crippen molar-refractivity contribution < 1.29 is 8.42 Å². The van der Waals surface area contributed by atoms with Gasteiger partial charge in [0.15, 0.2) is 5.65 Å². The van der Waals surface area contributed by atoms with E-state index in [9.17, 15) is 8.42 Å². The van der Waals surface area contributed by atoms with E-state index in [2.05, 4.69) is 4.98 Å². The number of benzene rings is 3. The van der Waals surface area contributed by atoms with Crippen molar-refractivity contribution >= 4 is 37.9 Å². The Kier molecular flexibility index (Phi) is 4.25. The predicted octanol–water partition coefficient (Wildman–Crippen LogP) is 4.05. The molecule has 148 valence electrons. The zero-order valence-corrected chi connectivity index (χ0v) is 16.8. The van der Waals surface area contributed by atoms with E-state index in [1.54, 1.807) is 34.9 Å². The molecule has 0 aliphatic heterocycles. The van der Waals surface area contributed by atoms with E-state index in [1.165, 1.54) is 0 Å². The maximum atomic E-state index is 13.5. The Morgan fingerprint density at radius 3 is 2.00 bits per heavy atom. The molecule has 0 unspecified atom stereocenters. The fourth-order valence-corrected chi connectivity index (χ4v) is 5.13. The van der Waals surface area contributed by atoms with Gasteiger partial charge in [0.2, 0.25) is 9.84 Å². The van der Waals surface area contributed by atoms with Crippen LogP contribution < -0.4 is 5.73 Å². The number of rotatable bonds is 4. The zero-order chi connectivity index (χ0) is 20.7. The molecule has 6 nitrogen and oxygen atoms in total. The van der Waals surface area contributed by atoms with Gasteiger partial charge >= 0.3 is 0 Å². The lowest BCUT2D eigenvalue weighted by Crippen LogP contribution is -2.08. The SMILES string of the molecule is Nc1c(S(=O)(=O)c2ccccc2)c2nc3ccccc3nc2n1Cc1ccccc1. The molecular formula is C23H18N4O2S. The number of nitrogen functional groups attached to an aromatic ring is 1. The van der Waals surface area contributed by atoms with Gasteiger partial charge in [0.05, 0.1) is 22.5 Å². The van der Waals surface area contributed by atoms with E-state index in [0.29, 0.717) is 23.2 Å². The molecule has 0 spiro atoms. The summed E-state index contributed by atoms with van der Waals surface area (Å²) in [6.45, 7) is 0.389. The Balaban J connectivity index is 1.84. The highest BCUT2D eigenvalue weighted by Gasteiger charge is 2.30. The van der Waals surface area contributed by atoms with Gasteiger partial charge in [-0.15, -0.1) is 0 Å². The highest BCUT2D eigenvalue weighted by atomic mass is 32.2. The second-order valence-electron chi connectivity index (χ2n) is 6.99. The summed E-state index contributed by atoms with van der Waals surface area (Å²) in [5.41, 5.74) is 9.47. The molecule has 0 aliphatic carbocycles. The maximum Gasteiger partial charge on any atom is 0.212 e. The van der Waals surface area contributed by atoms with Crippen molar-refractivity contribution in [2.45, 2.75) is 16.3 Å². The minimum Gasteiger partial charge on any atom is -0.384 e. The van der Waals surface area contributed by atoms with Gasteiger partial charge in [-0.1, -0.05) is 60.7 Å². The van der Waals surface area contributed by atoms with Crippen LogP contribution in [0.1, 0.15) is 5.56 Å². The van der Waals surface area contributed by atoms with Crippen LogP contribution in [0.2, 0.25) is 0 Å². The lowest BCUT2D eigenvalue weighted by atomic mass is 10.2. The molecule has 2 N–H and O–H groups in total. The molecular weight excluding hydrogens is 396 g/mol. The van der Waals surface area contributed by atoms with Crippen LogP contribution in [-0.4, -0.2) is 23.0 Å². The Morgan fingerprint density at radius 2 is 1.33 bits per heavy atom. The van der Waals surface area contributed by atoms with Gasteiger partial charge in [0.1, 0.15) is 16.2 Å². The number of sulfone groups is 1. The molecule has 7 heteroatoms. The largest absolute Gasteiger partial charge is 0.384 e. The van der Waals surface area contributed by atoms with Crippen molar-refractivity contribution in [3.05, 3.63) is 90.5 Å². The highest BCUT2D eigenvalue weighted by Crippen LogP contribution is 2.35. The van der Waals surface area contributed by atoms with Crippen LogP contribution in [0.5, 0.6) is 0 Å². The van der Waals surface area contributed by atoms with Gasteiger partial charge in [0.25, 0.3) is 0 Å². The van der Waals surface area contributed by atoms with E-state index in [-0.39, 0.29) is 21.1 Å². The van der Waals surface area contributed by atoms with Crippen molar-refractivity contribution in [1.29, 1.82) is 0 Å². The average Bonchev–Trinajstić information content (AvgIpc) is 3.04. The van der Waals surface area contributed by atoms with Crippen molar-refractivity contribution in [2.24, 2.45) is 0 Å². The molecule has 0 atom stereocenters. The molecule has 0 radical (unpaired) electrons. The molecule has 5 aromatic rings. The quantitative estimate of drug-likeness (QED) is 0.479. The standard InChI is InChI=1S/C23H18N4O2S/c24-22-21(30(28,29)17-11-5-2-6-12-17)20-23(26-19-14-8-7-13-18(19)25-20)27(22)15-16-9-3-1-4-10-16/h1-14H,15,24H2. The summed E-state index contributed by atoms with van der Waals surface area (Å²) in [5, 5.41) is 0. The van der Waals surface area contributed by atoms with Gasteiger partial charge in [-0.3, -0.25) is 0 Å². The molecule has 30 heavy (non-hydrogen) atoms. The number of hydrogen-bond acceptors (Lipinski definition) is 5. The van der Waals surface area contributed by atoms with Crippen LogP contribution >= 0.6 is 0 Å². The van der Waals surface area contributed by atoms with Crippen molar-refractivity contribution in [3.63, 3.8) is 0 Å². The highest BCUT2D eigenvalue weighted by molar-refractivity contribution is 7.92. The van der Waals surface area contributed by atoms with Gasteiger partial charge in [0, 0.05) is 0 Å². The molecule has 0 saturated carbocycles. The third kappa shape index (κ3) is 2.91. The zero-order valence-electron chi connectivity index (χ0n) is 15.9. The summed E-state index contributed by atoms with van der Waals surface area (Å²) in [6, 6.07) is 25.4. The third-order valence-electron chi connectivity index (χ3n) is 5.05. The third-order valence-corrected chi connectivity index (χ3v) is 6.88. The second kappa shape index (κ2) is 6.96. The fraction of sp³-hybridized carbons (Fsp3) is 0.0435. The van der Waals surface area contributed by atoms with Gasteiger partial charge in [-0.2, -0.15) is 0 Å². The van der Waals surface area contributed by atoms with E-state index >= 15 is 0 Å². The lowest BCUT2D eigenvalue weighted by molar-refractivity contribution is 0.597. The van der Waals surface area contributed by atoms with Crippen molar-refractivity contribution in [3.8, 4) is 0 Å². The topological polar surface area (TPSA) is 90.9 Å². The summed E-state index contributed by atoms with van der Waals surface area (Å²) >= 11 is 0. The molecule has 3 aromatic carbocycles. The number of aromatic nitrogens is 3. The number of nitrogens with two attached hydrogens (primary N) is 1. The molecule has 0 fully saturated rings. The van der Waals surface area contributed by atoms with Crippen LogP contribution in [0.25, 0.3) is 22.2 Å². The summed E-state index contributed by atoms with van der Waals surface area (Å²) < 4.78 is 28.7. The van der Waals surface area contributed by atoms with Crippen LogP contribution in [0.15, 0.2) is 94.7 Å². The van der Waals surface area contributed by atoms with Crippen LogP contribution in [0.4, 0.5) is 5.82 Å². The second-order valence-corrected chi connectivity index (χ2v) is 8.87. The first kappa shape index (κ1) is 18.3. The number of hydrogen-bond donors (Lipinski definition) is 1. The van der Waals surface area contributed by atoms with E-state index < -0.39 is 9.84 Å². The number of para-hydroxylation sites is 2. The molecule has 5 rings (SSSR count). The monoisotopic (exact) mass is 414 g/mol. The van der Waals surface area contributed by atoms with Gasteiger partial charge < -0.3 is 10.3 Å². The summed E-state index contributed by atoms with van der Waals surface area (Å²) in [4.78, 5) is 9.54. The predicted molar refractivity (Wildman–Crippen MR) is 117 cm³/mol. The minimum atomic E-state index is -3.88. The van der Waals surface area contributed by atoms with E-state index in [0.717, 1.165) is 5.56 Å². The van der Waals surface area contributed by atoms with Crippen molar-refractivity contribution in [1.82, 2.24) is 14.5 Å². The molecule has 0 aliphatic rings. The molecule has 0 saturated heterocycles. The van der Waals surface area contributed by atoms with E-state index in [1.807, 2.05) is 54.6 Å². The Bertz CT molecular complexity index is 1480. The van der Waals surface area contributed by atoms with Gasteiger partial charge in [-0.05, 0) is 29.8 Å². The summed E-state index contributed by atoms with van der Waals surface area (Å²) in [6.07, 6.45) is 0. The first-order valence-corrected chi connectivity index (χ1v) is 10.9. The van der Waals surface area contributed by atoms with Crippen LogP contribution in [-0.2, 0) is 16.4 Å². The fourth-order valence-electron chi connectivity index (χ4n) is 3.60. The van der Waals surface area contributed by atoms with E-state index in [4.69, 9.17) is 10.7 Å². The average molecular weight is 414 g/mol. The molecule has 2 aromatic heterocycles. The van der Waals surface area contributed by atoms with Gasteiger partial charge in [-0.25, -0.2) is 18.4 Å². The van der Waals surface area contributed by atoms with Crippen LogP contribution in [0.3, 0.4) is 0 Å². The normalized spacial score (nSPS) is 11.9. The number of fused-ring (bicyclic) bond motifs is 2. The summed E-state index contributed by atoms with van der Waals surface area (Å²) in [5.74, 6) is 0.132. The smallest absolute Gasteiger partial charge is 0.212 e. The Hall–Kier alpha value is -3.71. The first-order chi connectivity index (χ1) is 14.6. The minimum absolute atomic E-state index is 0.00196. The maximum absolute atomic E-state index is 13.5. The Labute approximate surface area is 173 Å². The number of nitrogens with zero attached hydrogens (tertiary/aromatic N) is 3. The Morgan fingerprint density at radius 1 is 0.767 bits per heavy atom.